The van der Waals surface area contributed by atoms with E-state index in [0.717, 1.165) is 25.7 Å². The first-order chi connectivity index (χ1) is 9.47. The van der Waals surface area contributed by atoms with Gasteiger partial charge in [-0.15, -0.1) is 0 Å². The highest BCUT2D eigenvalue weighted by atomic mass is 16.7. The van der Waals surface area contributed by atoms with Crippen molar-refractivity contribution in [2.24, 2.45) is 5.92 Å². The third-order valence-electron chi connectivity index (χ3n) is 4.07. The molecule has 1 rings (SSSR count). The molecule has 0 amide bonds. The minimum atomic E-state index is -1.38. The van der Waals surface area contributed by atoms with Crippen LogP contribution in [0.4, 0.5) is 0 Å². The minimum Gasteiger partial charge on any atom is -0.388 e. The summed E-state index contributed by atoms with van der Waals surface area (Å²) >= 11 is 0. The van der Waals surface area contributed by atoms with Gasteiger partial charge in [0.1, 0.15) is 12.2 Å². The van der Waals surface area contributed by atoms with E-state index in [2.05, 4.69) is 12.6 Å². The van der Waals surface area contributed by atoms with Crippen molar-refractivity contribution in [1.29, 1.82) is 5.26 Å². The van der Waals surface area contributed by atoms with E-state index in [1.165, 1.54) is 6.42 Å². The standard InChI is InChI=1S/C16H27NO3/c1-5-19-13(4)20-16(11-17,12(2)3)15(18)14-9-7-6-8-10-14/h13-15,18H,2,5-10H2,1,3-4H3. The fraction of sp³-hybridized carbons (Fsp3) is 0.812. The average molecular weight is 281 g/mol. The lowest BCUT2D eigenvalue weighted by atomic mass is 9.76. The van der Waals surface area contributed by atoms with Gasteiger partial charge < -0.3 is 14.6 Å². The molecule has 0 spiro atoms. The molecule has 0 bridgehead atoms. The first kappa shape index (κ1) is 17.2. The van der Waals surface area contributed by atoms with Gasteiger partial charge in [0.15, 0.2) is 6.29 Å². The molecule has 114 valence electrons. The van der Waals surface area contributed by atoms with Crippen molar-refractivity contribution in [2.75, 3.05) is 6.61 Å². The Morgan fingerprint density at radius 2 is 2.05 bits per heavy atom. The molecule has 0 aromatic rings. The monoisotopic (exact) mass is 281 g/mol. The van der Waals surface area contributed by atoms with E-state index in [1.54, 1.807) is 13.8 Å². The van der Waals surface area contributed by atoms with Crippen LogP contribution in [0.3, 0.4) is 0 Å². The summed E-state index contributed by atoms with van der Waals surface area (Å²) in [7, 11) is 0. The van der Waals surface area contributed by atoms with Gasteiger partial charge in [0.05, 0.1) is 0 Å². The number of aliphatic hydroxyl groups is 1. The van der Waals surface area contributed by atoms with Crippen LogP contribution >= 0.6 is 0 Å². The third kappa shape index (κ3) is 3.82. The zero-order valence-electron chi connectivity index (χ0n) is 12.9. The molecule has 4 nitrogen and oxygen atoms in total. The predicted octanol–water partition coefficient (Wildman–Crippen LogP) is 3.17. The molecule has 0 radical (unpaired) electrons. The number of aliphatic hydroxyl groups excluding tert-OH is 1. The highest BCUT2D eigenvalue weighted by Gasteiger charge is 2.46. The number of nitriles is 1. The molecule has 3 atom stereocenters. The second kappa shape index (κ2) is 7.78. The molecular weight excluding hydrogens is 254 g/mol. The molecule has 1 aliphatic rings. The van der Waals surface area contributed by atoms with Crippen molar-refractivity contribution in [3.05, 3.63) is 12.2 Å². The van der Waals surface area contributed by atoms with E-state index < -0.39 is 18.0 Å². The Hall–Kier alpha value is -0.890. The predicted molar refractivity (Wildman–Crippen MR) is 77.9 cm³/mol. The van der Waals surface area contributed by atoms with Crippen molar-refractivity contribution in [1.82, 2.24) is 0 Å². The Bertz CT molecular complexity index is 357. The van der Waals surface area contributed by atoms with Crippen LogP contribution in [0.2, 0.25) is 0 Å². The van der Waals surface area contributed by atoms with Crippen LogP contribution in [0.25, 0.3) is 0 Å². The van der Waals surface area contributed by atoms with Crippen LogP contribution < -0.4 is 0 Å². The van der Waals surface area contributed by atoms with Crippen LogP contribution in [0.1, 0.15) is 52.9 Å². The van der Waals surface area contributed by atoms with Crippen molar-refractivity contribution in [3.63, 3.8) is 0 Å². The first-order valence-corrected chi connectivity index (χ1v) is 7.52. The highest BCUT2D eigenvalue weighted by molar-refractivity contribution is 5.27. The summed E-state index contributed by atoms with van der Waals surface area (Å²) in [6.07, 6.45) is 3.87. The maximum atomic E-state index is 10.7. The van der Waals surface area contributed by atoms with Gasteiger partial charge in [-0.05, 0) is 45.1 Å². The molecule has 0 saturated heterocycles. The van der Waals surface area contributed by atoms with E-state index in [9.17, 15) is 10.4 Å². The molecule has 3 unspecified atom stereocenters. The third-order valence-corrected chi connectivity index (χ3v) is 4.07. The van der Waals surface area contributed by atoms with Crippen LogP contribution in [0, 0.1) is 17.2 Å². The Morgan fingerprint density at radius 1 is 1.45 bits per heavy atom. The topological polar surface area (TPSA) is 62.5 Å². The van der Waals surface area contributed by atoms with E-state index in [4.69, 9.17) is 9.47 Å². The summed E-state index contributed by atoms with van der Waals surface area (Å²) in [6, 6.07) is 2.15. The van der Waals surface area contributed by atoms with E-state index >= 15 is 0 Å². The van der Waals surface area contributed by atoms with Gasteiger partial charge in [-0.2, -0.15) is 5.26 Å². The zero-order valence-corrected chi connectivity index (χ0v) is 12.9. The lowest BCUT2D eigenvalue weighted by molar-refractivity contribution is -0.204. The van der Waals surface area contributed by atoms with Crippen LogP contribution in [-0.2, 0) is 9.47 Å². The smallest absolute Gasteiger partial charge is 0.203 e. The number of ether oxygens (including phenoxy) is 2. The molecule has 20 heavy (non-hydrogen) atoms. The average Bonchev–Trinajstić information content (AvgIpc) is 2.45. The van der Waals surface area contributed by atoms with Gasteiger partial charge in [0, 0.05) is 6.61 Å². The summed E-state index contributed by atoms with van der Waals surface area (Å²) in [5, 5.41) is 20.3. The Labute approximate surface area is 122 Å². The fourth-order valence-corrected chi connectivity index (χ4v) is 2.92. The summed E-state index contributed by atoms with van der Waals surface area (Å²) in [6.45, 7) is 9.70. The fourth-order valence-electron chi connectivity index (χ4n) is 2.92. The largest absolute Gasteiger partial charge is 0.388 e. The number of nitrogens with zero attached hydrogens (tertiary/aromatic N) is 1. The summed E-state index contributed by atoms with van der Waals surface area (Å²) in [4.78, 5) is 0. The second-order valence-corrected chi connectivity index (χ2v) is 5.61. The molecule has 0 aliphatic heterocycles. The second-order valence-electron chi connectivity index (χ2n) is 5.61. The van der Waals surface area contributed by atoms with E-state index in [1.807, 2.05) is 6.92 Å². The molecule has 0 aromatic heterocycles. The van der Waals surface area contributed by atoms with Gasteiger partial charge >= 0.3 is 0 Å². The Balaban J connectivity index is 2.91. The van der Waals surface area contributed by atoms with Crippen LogP contribution in [0.15, 0.2) is 12.2 Å². The highest BCUT2D eigenvalue weighted by Crippen LogP contribution is 2.36. The molecule has 1 saturated carbocycles. The van der Waals surface area contributed by atoms with Crippen LogP contribution in [-0.4, -0.2) is 29.7 Å². The molecule has 0 heterocycles. The minimum absolute atomic E-state index is 0.0916. The van der Waals surface area contributed by atoms with E-state index in [0.29, 0.717) is 12.2 Å². The molecule has 1 N–H and O–H groups in total. The Kier molecular flexibility index (Phi) is 6.67. The van der Waals surface area contributed by atoms with Crippen molar-refractivity contribution in [3.8, 4) is 6.07 Å². The SMILES string of the molecule is C=C(C)C(C#N)(OC(C)OCC)C(O)C1CCCCC1. The van der Waals surface area contributed by atoms with Crippen molar-refractivity contribution in [2.45, 2.75) is 70.9 Å². The van der Waals surface area contributed by atoms with Crippen molar-refractivity contribution >= 4 is 0 Å². The maximum Gasteiger partial charge on any atom is 0.203 e. The molecule has 4 heteroatoms. The molecular formula is C16H27NO3. The van der Waals surface area contributed by atoms with Gasteiger partial charge in [-0.1, -0.05) is 25.8 Å². The lowest BCUT2D eigenvalue weighted by Crippen LogP contribution is -2.51. The summed E-state index contributed by atoms with van der Waals surface area (Å²) < 4.78 is 11.1. The van der Waals surface area contributed by atoms with Gasteiger partial charge in [0.2, 0.25) is 5.60 Å². The quantitative estimate of drug-likeness (QED) is 0.575. The number of hydrogen-bond acceptors (Lipinski definition) is 4. The lowest BCUT2D eigenvalue weighted by Gasteiger charge is -2.39. The van der Waals surface area contributed by atoms with Crippen LogP contribution in [0.5, 0.6) is 0 Å². The number of hydrogen-bond donors (Lipinski definition) is 1. The molecule has 1 aliphatic carbocycles. The Morgan fingerprint density at radius 3 is 2.50 bits per heavy atom. The number of rotatable bonds is 7. The molecule has 1 fully saturated rings. The van der Waals surface area contributed by atoms with Gasteiger partial charge in [-0.25, -0.2) is 0 Å². The van der Waals surface area contributed by atoms with Gasteiger partial charge in [-0.3, -0.25) is 0 Å². The van der Waals surface area contributed by atoms with Gasteiger partial charge in [0.25, 0.3) is 0 Å². The summed E-state index contributed by atoms with van der Waals surface area (Å²) in [5.41, 5.74) is -0.846. The summed E-state index contributed by atoms with van der Waals surface area (Å²) in [5.74, 6) is 0.0916. The maximum absolute atomic E-state index is 10.7. The van der Waals surface area contributed by atoms with E-state index in [-0.39, 0.29) is 5.92 Å². The normalized spacial score (nSPS) is 22.6. The van der Waals surface area contributed by atoms with Crippen molar-refractivity contribution < 1.29 is 14.6 Å². The first-order valence-electron chi connectivity index (χ1n) is 7.52. The zero-order chi connectivity index (χ0) is 15.2. The molecule has 0 aromatic carbocycles.